The van der Waals surface area contributed by atoms with Gasteiger partial charge in [0.1, 0.15) is 5.75 Å². The number of primary amides is 1. The second-order valence-electron chi connectivity index (χ2n) is 3.40. The number of nitrogens with two attached hydrogens (primary N) is 1. The van der Waals surface area contributed by atoms with Crippen molar-refractivity contribution in [2.24, 2.45) is 5.73 Å². The van der Waals surface area contributed by atoms with E-state index in [0.29, 0.717) is 5.75 Å². The van der Waals surface area contributed by atoms with E-state index in [1.54, 1.807) is 6.07 Å². The molecule has 3 amide bonds. The molecule has 0 heterocycles. The van der Waals surface area contributed by atoms with Crippen molar-refractivity contribution >= 4 is 11.9 Å². The third kappa shape index (κ3) is 3.27. The SMILES string of the molecule is Cc1cccc(OCC(=O)NC(N)=O)c1C. The third-order valence-electron chi connectivity index (χ3n) is 2.18. The number of hydrogen-bond donors (Lipinski definition) is 2. The minimum Gasteiger partial charge on any atom is -0.483 e. The summed E-state index contributed by atoms with van der Waals surface area (Å²) in [6.45, 7) is 3.62. The number of benzene rings is 1. The fourth-order valence-electron chi connectivity index (χ4n) is 1.20. The van der Waals surface area contributed by atoms with E-state index in [9.17, 15) is 9.59 Å². The van der Waals surface area contributed by atoms with E-state index >= 15 is 0 Å². The number of rotatable bonds is 3. The van der Waals surface area contributed by atoms with Crippen LogP contribution in [0.15, 0.2) is 18.2 Å². The fraction of sp³-hybridized carbons (Fsp3) is 0.273. The van der Waals surface area contributed by atoms with Crippen molar-refractivity contribution in [2.75, 3.05) is 6.61 Å². The lowest BCUT2D eigenvalue weighted by Crippen LogP contribution is -2.38. The fourth-order valence-corrected chi connectivity index (χ4v) is 1.20. The standard InChI is InChI=1S/C11H14N2O3/c1-7-4-3-5-9(8(7)2)16-6-10(14)13-11(12)15/h3-5H,6H2,1-2H3,(H3,12,13,14,15). The normalized spacial score (nSPS) is 9.62. The highest BCUT2D eigenvalue weighted by molar-refractivity contribution is 5.94. The predicted octanol–water partition coefficient (Wildman–Crippen LogP) is 0.877. The van der Waals surface area contributed by atoms with Crippen LogP contribution in [0.5, 0.6) is 5.75 Å². The van der Waals surface area contributed by atoms with Crippen molar-refractivity contribution in [3.8, 4) is 5.75 Å². The van der Waals surface area contributed by atoms with Crippen LogP contribution < -0.4 is 15.8 Å². The van der Waals surface area contributed by atoms with Crippen LogP contribution in [-0.2, 0) is 4.79 Å². The predicted molar refractivity (Wildman–Crippen MR) is 59.1 cm³/mol. The number of carbonyl (C=O) groups is 2. The smallest absolute Gasteiger partial charge is 0.318 e. The third-order valence-corrected chi connectivity index (χ3v) is 2.18. The maximum absolute atomic E-state index is 11.1. The maximum Gasteiger partial charge on any atom is 0.318 e. The molecule has 0 aliphatic rings. The van der Waals surface area contributed by atoms with Gasteiger partial charge in [-0.25, -0.2) is 4.79 Å². The summed E-state index contributed by atoms with van der Waals surface area (Å²) in [6.07, 6.45) is 0. The first-order valence-electron chi connectivity index (χ1n) is 4.79. The molecule has 0 atom stereocenters. The Bertz CT molecular complexity index is 416. The summed E-state index contributed by atoms with van der Waals surface area (Å²) in [6, 6.07) is 4.67. The van der Waals surface area contributed by atoms with E-state index in [1.165, 1.54) is 0 Å². The Morgan fingerprint density at radius 2 is 2.06 bits per heavy atom. The monoisotopic (exact) mass is 222 g/mol. The van der Waals surface area contributed by atoms with E-state index in [4.69, 9.17) is 10.5 Å². The van der Waals surface area contributed by atoms with Gasteiger partial charge < -0.3 is 10.5 Å². The average molecular weight is 222 g/mol. The van der Waals surface area contributed by atoms with Gasteiger partial charge in [0.15, 0.2) is 6.61 Å². The molecule has 0 fully saturated rings. The van der Waals surface area contributed by atoms with E-state index in [1.807, 2.05) is 31.3 Å². The summed E-state index contributed by atoms with van der Waals surface area (Å²) in [5.41, 5.74) is 6.83. The number of carbonyl (C=O) groups excluding carboxylic acids is 2. The number of nitrogens with one attached hydrogen (secondary N) is 1. The molecule has 0 saturated carbocycles. The van der Waals surface area contributed by atoms with Gasteiger partial charge in [-0.15, -0.1) is 0 Å². The summed E-state index contributed by atoms with van der Waals surface area (Å²) in [5.74, 6) is 0.0630. The lowest BCUT2D eigenvalue weighted by molar-refractivity contribution is -0.121. The molecule has 3 N–H and O–H groups in total. The average Bonchev–Trinajstić information content (AvgIpc) is 2.19. The van der Waals surface area contributed by atoms with Crippen molar-refractivity contribution in [2.45, 2.75) is 13.8 Å². The second-order valence-corrected chi connectivity index (χ2v) is 3.40. The van der Waals surface area contributed by atoms with E-state index in [2.05, 4.69) is 0 Å². The Hall–Kier alpha value is -2.04. The van der Waals surface area contributed by atoms with Gasteiger partial charge in [-0.05, 0) is 31.0 Å². The number of amides is 3. The van der Waals surface area contributed by atoms with Crippen molar-refractivity contribution in [3.05, 3.63) is 29.3 Å². The Kier molecular flexibility index (Phi) is 3.88. The van der Waals surface area contributed by atoms with Gasteiger partial charge in [-0.2, -0.15) is 0 Å². The zero-order chi connectivity index (χ0) is 12.1. The van der Waals surface area contributed by atoms with Gasteiger partial charge in [0.25, 0.3) is 5.91 Å². The highest BCUT2D eigenvalue weighted by Crippen LogP contribution is 2.20. The molecule has 0 aliphatic heterocycles. The van der Waals surface area contributed by atoms with Crippen molar-refractivity contribution in [1.29, 1.82) is 0 Å². The Labute approximate surface area is 93.6 Å². The van der Waals surface area contributed by atoms with E-state index in [0.717, 1.165) is 11.1 Å². The second kappa shape index (κ2) is 5.16. The molecule has 0 bridgehead atoms. The molecule has 0 aliphatic carbocycles. The molecule has 5 heteroatoms. The topological polar surface area (TPSA) is 81.4 Å². The van der Waals surface area contributed by atoms with Gasteiger partial charge in [0.2, 0.25) is 0 Å². The highest BCUT2D eigenvalue weighted by Gasteiger charge is 2.07. The molecular weight excluding hydrogens is 208 g/mol. The molecule has 0 unspecified atom stereocenters. The van der Waals surface area contributed by atoms with E-state index < -0.39 is 11.9 Å². The first-order valence-corrected chi connectivity index (χ1v) is 4.79. The molecule has 1 aromatic rings. The molecule has 0 radical (unpaired) electrons. The van der Waals surface area contributed by atoms with Crippen LogP contribution in [0.4, 0.5) is 4.79 Å². The zero-order valence-corrected chi connectivity index (χ0v) is 9.24. The summed E-state index contributed by atoms with van der Waals surface area (Å²) in [7, 11) is 0. The van der Waals surface area contributed by atoms with Crippen molar-refractivity contribution < 1.29 is 14.3 Å². The number of aryl methyl sites for hydroxylation is 1. The number of hydrogen-bond acceptors (Lipinski definition) is 3. The summed E-state index contributed by atoms with van der Waals surface area (Å²) in [4.78, 5) is 21.5. The van der Waals surface area contributed by atoms with Crippen LogP contribution >= 0.6 is 0 Å². The van der Waals surface area contributed by atoms with Crippen LogP contribution in [0.2, 0.25) is 0 Å². The molecular formula is C11H14N2O3. The lowest BCUT2D eigenvalue weighted by Gasteiger charge is -2.09. The van der Waals surface area contributed by atoms with Gasteiger partial charge in [-0.3, -0.25) is 10.1 Å². The quantitative estimate of drug-likeness (QED) is 0.796. The lowest BCUT2D eigenvalue weighted by atomic mass is 10.1. The first-order chi connectivity index (χ1) is 7.50. The number of ether oxygens (including phenoxy) is 1. The molecule has 5 nitrogen and oxygen atoms in total. The Morgan fingerprint density at radius 3 is 2.69 bits per heavy atom. The van der Waals surface area contributed by atoms with Gasteiger partial charge >= 0.3 is 6.03 Å². The molecule has 0 aromatic heterocycles. The van der Waals surface area contributed by atoms with Gasteiger partial charge in [0, 0.05) is 0 Å². The number of urea groups is 1. The van der Waals surface area contributed by atoms with Crippen LogP contribution in [0, 0.1) is 13.8 Å². The summed E-state index contributed by atoms with van der Waals surface area (Å²) < 4.78 is 5.26. The summed E-state index contributed by atoms with van der Waals surface area (Å²) >= 11 is 0. The van der Waals surface area contributed by atoms with Gasteiger partial charge in [-0.1, -0.05) is 12.1 Å². The molecule has 16 heavy (non-hydrogen) atoms. The summed E-state index contributed by atoms with van der Waals surface area (Å²) in [5, 5.41) is 1.92. The van der Waals surface area contributed by atoms with Crippen LogP contribution in [0.3, 0.4) is 0 Å². The highest BCUT2D eigenvalue weighted by atomic mass is 16.5. The molecule has 1 aromatic carbocycles. The zero-order valence-electron chi connectivity index (χ0n) is 9.24. The van der Waals surface area contributed by atoms with Crippen LogP contribution in [-0.4, -0.2) is 18.5 Å². The van der Waals surface area contributed by atoms with Crippen molar-refractivity contribution in [1.82, 2.24) is 5.32 Å². The Morgan fingerprint density at radius 1 is 1.38 bits per heavy atom. The molecule has 0 saturated heterocycles. The molecule has 0 spiro atoms. The Balaban J connectivity index is 2.58. The van der Waals surface area contributed by atoms with Crippen molar-refractivity contribution in [3.63, 3.8) is 0 Å². The molecule has 86 valence electrons. The van der Waals surface area contributed by atoms with Gasteiger partial charge in [0.05, 0.1) is 0 Å². The first kappa shape index (κ1) is 12.0. The van der Waals surface area contributed by atoms with Crippen LogP contribution in [0.1, 0.15) is 11.1 Å². The van der Waals surface area contributed by atoms with Crippen LogP contribution in [0.25, 0.3) is 0 Å². The van der Waals surface area contributed by atoms with E-state index in [-0.39, 0.29) is 6.61 Å². The number of imide groups is 1. The minimum atomic E-state index is -0.880. The minimum absolute atomic E-state index is 0.229. The maximum atomic E-state index is 11.1. The molecule has 1 rings (SSSR count). The largest absolute Gasteiger partial charge is 0.483 e.